The van der Waals surface area contributed by atoms with Crippen molar-refractivity contribution < 1.29 is 23.8 Å². The highest BCUT2D eigenvalue weighted by atomic mass is 79.9. The number of hydrogen-bond acceptors (Lipinski definition) is 4. The van der Waals surface area contributed by atoms with E-state index in [9.17, 15) is 14.3 Å². The Bertz CT molecular complexity index is 847. The molecule has 28 heavy (non-hydrogen) atoms. The van der Waals surface area contributed by atoms with E-state index in [1.165, 1.54) is 19.2 Å². The van der Waals surface area contributed by atoms with Crippen molar-refractivity contribution in [3.63, 3.8) is 0 Å². The molecule has 5 nitrogen and oxygen atoms in total. The number of ether oxygens (including phenoxy) is 2. The van der Waals surface area contributed by atoms with Gasteiger partial charge in [-0.15, -0.1) is 0 Å². The number of nitrogens with one attached hydrogen (secondary N) is 1. The van der Waals surface area contributed by atoms with Crippen LogP contribution < -0.4 is 14.8 Å². The first kappa shape index (κ1) is 22.5. The molecule has 152 valence electrons. The molecule has 0 fully saturated rings. The lowest BCUT2D eigenvalue weighted by atomic mass is 10.0. The Balaban J connectivity index is 2.15. The summed E-state index contributed by atoms with van der Waals surface area (Å²) < 4.78 is 25.1. The number of halogens is 3. The normalized spacial score (nSPS) is 12.1. The molecule has 0 saturated carbocycles. The van der Waals surface area contributed by atoms with E-state index in [4.69, 9.17) is 21.1 Å². The Hall–Kier alpha value is -1.83. The highest BCUT2D eigenvalue weighted by Gasteiger charge is 2.21. The van der Waals surface area contributed by atoms with E-state index >= 15 is 0 Å². The van der Waals surface area contributed by atoms with Crippen LogP contribution in [-0.4, -0.2) is 24.2 Å². The van der Waals surface area contributed by atoms with Crippen molar-refractivity contribution in [1.29, 1.82) is 0 Å². The van der Waals surface area contributed by atoms with Gasteiger partial charge in [-0.3, -0.25) is 4.79 Å². The van der Waals surface area contributed by atoms with Gasteiger partial charge in [0.25, 0.3) is 0 Å². The molecule has 0 heterocycles. The molecule has 0 aliphatic carbocycles. The molecular weight excluding hydrogens is 453 g/mol. The van der Waals surface area contributed by atoms with Crippen LogP contribution in [0.5, 0.6) is 11.5 Å². The van der Waals surface area contributed by atoms with Gasteiger partial charge in [0.1, 0.15) is 18.5 Å². The zero-order chi connectivity index (χ0) is 20.8. The summed E-state index contributed by atoms with van der Waals surface area (Å²) in [7, 11) is 1.52. The maximum atomic E-state index is 13.2. The third kappa shape index (κ3) is 5.83. The third-order valence-corrected chi connectivity index (χ3v) is 5.27. The third-order valence-electron chi connectivity index (χ3n) is 4.18. The van der Waals surface area contributed by atoms with Crippen molar-refractivity contribution in [2.75, 3.05) is 7.11 Å². The molecule has 2 aromatic rings. The molecule has 1 atom stereocenters. The van der Waals surface area contributed by atoms with Gasteiger partial charge in [0.05, 0.1) is 12.1 Å². The maximum Gasteiger partial charge on any atom is 0.320 e. The summed E-state index contributed by atoms with van der Waals surface area (Å²) in [5.74, 6) is -0.380. The number of hydrogen-bond donors (Lipinski definition) is 2. The zero-order valence-electron chi connectivity index (χ0n) is 15.8. The molecule has 0 aromatic heterocycles. The van der Waals surface area contributed by atoms with E-state index in [0.717, 1.165) is 10.0 Å². The predicted molar refractivity (Wildman–Crippen MR) is 110 cm³/mol. The lowest BCUT2D eigenvalue weighted by Gasteiger charge is -2.19. The van der Waals surface area contributed by atoms with Gasteiger partial charge in [0.2, 0.25) is 0 Å². The Morgan fingerprint density at radius 3 is 2.54 bits per heavy atom. The van der Waals surface area contributed by atoms with Gasteiger partial charge in [-0.1, -0.05) is 47.4 Å². The summed E-state index contributed by atoms with van der Waals surface area (Å²) in [6, 6.07) is 6.98. The molecule has 0 spiro atoms. The standard InChI is InChI=1S/C20H22BrClFNO4/c1-11(2)19(20(25)26)24-9-13-6-17(27-3)18(8-15(13)21)28-10-12-4-5-14(23)7-16(12)22/h4-8,11,19,24H,9-10H2,1-3H3,(H,25,26). The number of carboxylic acids is 1. The second-order valence-corrected chi connectivity index (χ2v) is 7.82. The molecule has 0 aliphatic heterocycles. The Morgan fingerprint density at radius 1 is 1.25 bits per heavy atom. The van der Waals surface area contributed by atoms with Crippen LogP contribution in [0.25, 0.3) is 0 Å². The van der Waals surface area contributed by atoms with Gasteiger partial charge >= 0.3 is 5.97 Å². The monoisotopic (exact) mass is 473 g/mol. The van der Waals surface area contributed by atoms with Crippen LogP contribution >= 0.6 is 27.5 Å². The van der Waals surface area contributed by atoms with Crippen molar-refractivity contribution in [3.8, 4) is 11.5 Å². The van der Waals surface area contributed by atoms with Crippen molar-refractivity contribution in [2.45, 2.75) is 33.0 Å². The number of carbonyl (C=O) groups is 1. The van der Waals surface area contributed by atoms with E-state index in [0.29, 0.717) is 23.6 Å². The summed E-state index contributed by atoms with van der Waals surface area (Å²) in [5.41, 5.74) is 1.48. The minimum atomic E-state index is -0.894. The van der Waals surface area contributed by atoms with Crippen molar-refractivity contribution in [3.05, 3.63) is 56.8 Å². The van der Waals surface area contributed by atoms with Gasteiger partial charge in [-0.05, 0) is 35.7 Å². The smallest absolute Gasteiger partial charge is 0.320 e. The predicted octanol–water partition coefficient (Wildman–Crippen LogP) is 5.03. The van der Waals surface area contributed by atoms with Crippen LogP contribution in [0.1, 0.15) is 25.0 Å². The van der Waals surface area contributed by atoms with Crippen LogP contribution in [0.3, 0.4) is 0 Å². The van der Waals surface area contributed by atoms with Crippen molar-refractivity contribution in [1.82, 2.24) is 5.32 Å². The molecule has 2 aromatic carbocycles. The van der Waals surface area contributed by atoms with E-state index in [1.807, 2.05) is 13.8 Å². The molecule has 0 radical (unpaired) electrons. The van der Waals surface area contributed by atoms with Crippen LogP contribution in [0.15, 0.2) is 34.8 Å². The molecule has 2 N–H and O–H groups in total. The fourth-order valence-corrected chi connectivity index (χ4v) is 3.29. The van der Waals surface area contributed by atoms with Gasteiger partial charge in [-0.2, -0.15) is 0 Å². The van der Waals surface area contributed by atoms with Crippen LogP contribution in [0.2, 0.25) is 5.02 Å². The Morgan fingerprint density at radius 2 is 1.96 bits per heavy atom. The summed E-state index contributed by atoms with van der Waals surface area (Å²) in [6.07, 6.45) is 0. The first-order valence-corrected chi connectivity index (χ1v) is 9.79. The maximum absolute atomic E-state index is 13.2. The molecule has 1 unspecified atom stereocenters. The average molecular weight is 475 g/mol. The summed E-state index contributed by atoms with van der Waals surface area (Å²) in [6.45, 7) is 4.18. The number of rotatable bonds is 9. The van der Waals surface area contributed by atoms with E-state index in [-0.39, 0.29) is 17.5 Å². The number of carboxylic acid groups (broad SMARTS) is 1. The molecule has 0 amide bonds. The molecule has 8 heteroatoms. The largest absolute Gasteiger partial charge is 0.493 e. The summed E-state index contributed by atoms with van der Waals surface area (Å²) in [4.78, 5) is 11.3. The van der Waals surface area contributed by atoms with E-state index < -0.39 is 17.8 Å². The summed E-state index contributed by atoms with van der Waals surface area (Å²) in [5, 5.41) is 12.6. The average Bonchev–Trinajstić information content (AvgIpc) is 2.61. The zero-order valence-corrected chi connectivity index (χ0v) is 18.1. The molecule has 0 aliphatic rings. The quantitative estimate of drug-likeness (QED) is 0.534. The van der Waals surface area contributed by atoms with E-state index in [1.54, 1.807) is 18.2 Å². The lowest BCUT2D eigenvalue weighted by Crippen LogP contribution is -2.40. The molecule has 0 saturated heterocycles. The Kier molecular flexibility index (Phi) is 8.10. The molecule has 2 rings (SSSR count). The van der Waals surface area contributed by atoms with Crippen molar-refractivity contribution in [2.24, 2.45) is 5.92 Å². The first-order chi connectivity index (χ1) is 13.2. The molecule has 0 bridgehead atoms. The van der Waals surface area contributed by atoms with Crippen molar-refractivity contribution >= 4 is 33.5 Å². The van der Waals surface area contributed by atoms with Gasteiger partial charge in [-0.25, -0.2) is 4.39 Å². The van der Waals surface area contributed by atoms with E-state index in [2.05, 4.69) is 21.2 Å². The highest BCUT2D eigenvalue weighted by Crippen LogP contribution is 2.34. The number of aliphatic carboxylic acids is 1. The first-order valence-electron chi connectivity index (χ1n) is 8.62. The molecular formula is C20H22BrClFNO4. The van der Waals surface area contributed by atoms with Crippen LogP contribution in [0, 0.1) is 11.7 Å². The van der Waals surface area contributed by atoms with Gasteiger partial charge in [0, 0.05) is 16.6 Å². The lowest BCUT2D eigenvalue weighted by molar-refractivity contribution is -0.140. The minimum absolute atomic E-state index is 0.0544. The Labute approximate surface area is 176 Å². The fourth-order valence-electron chi connectivity index (χ4n) is 2.61. The SMILES string of the molecule is COc1cc(CNC(C(=O)O)C(C)C)c(Br)cc1OCc1ccc(F)cc1Cl. The summed E-state index contributed by atoms with van der Waals surface area (Å²) >= 11 is 9.52. The van der Waals surface area contributed by atoms with Gasteiger partial charge in [0.15, 0.2) is 11.5 Å². The van der Waals surface area contributed by atoms with Gasteiger partial charge < -0.3 is 19.9 Å². The van der Waals surface area contributed by atoms with Crippen LogP contribution in [-0.2, 0) is 17.9 Å². The fraction of sp³-hybridized carbons (Fsp3) is 0.350. The minimum Gasteiger partial charge on any atom is -0.493 e. The topological polar surface area (TPSA) is 67.8 Å². The second kappa shape index (κ2) is 10.1. The second-order valence-electron chi connectivity index (χ2n) is 6.56. The highest BCUT2D eigenvalue weighted by molar-refractivity contribution is 9.10. The van der Waals surface area contributed by atoms with Crippen LogP contribution in [0.4, 0.5) is 4.39 Å². The number of methoxy groups -OCH3 is 1. The number of benzene rings is 2.